The highest BCUT2D eigenvalue weighted by Crippen LogP contribution is 2.34. The number of nitrogens with one attached hydrogen (secondary N) is 1. The largest absolute Gasteiger partial charge is 0.454 e. The molecule has 2 aromatic carbocycles. The fourth-order valence-corrected chi connectivity index (χ4v) is 2.12. The molecule has 0 aliphatic carbocycles. The first-order chi connectivity index (χ1) is 11.5. The Morgan fingerprint density at radius 2 is 1.83 bits per heavy atom. The maximum atomic E-state index is 12.2. The molecule has 0 aromatic heterocycles. The summed E-state index contributed by atoms with van der Waals surface area (Å²) in [6.45, 7) is 1.65. The molecule has 0 spiro atoms. The molecule has 1 amide bonds. The first-order valence-electron chi connectivity index (χ1n) is 7.30. The maximum Gasteiger partial charge on any atom is 0.338 e. The Balaban J connectivity index is 1.60. The molecule has 0 saturated heterocycles. The Morgan fingerprint density at radius 3 is 2.58 bits per heavy atom. The highest BCUT2D eigenvalue weighted by atomic mass is 16.7. The van der Waals surface area contributed by atoms with Crippen molar-refractivity contribution in [1.29, 1.82) is 0 Å². The number of carbonyl (C=O) groups is 2. The number of benzene rings is 2. The number of ether oxygens (including phenoxy) is 3. The Morgan fingerprint density at radius 1 is 1.12 bits per heavy atom. The zero-order chi connectivity index (χ0) is 17.1. The van der Waals surface area contributed by atoms with Crippen LogP contribution in [0.2, 0.25) is 0 Å². The summed E-state index contributed by atoms with van der Waals surface area (Å²) in [5, 5.41) is 2.67. The van der Waals surface area contributed by atoms with Gasteiger partial charge < -0.3 is 25.3 Å². The van der Waals surface area contributed by atoms with Crippen LogP contribution in [0.5, 0.6) is 11.5 Å². The normalized spacial score (nSPS) is 13.2. The van der Waals surface area contributed by atoms with Crippen molar-refractivity contribution in [2.75, 3.05) is 17.8 Å². The van der Waals surface area contributed by atoms with E-state index in [1.165, 1.54) is 6.92 Å². The third kappa shape index (κ3) is 3.40. The summed E-state index contributed by atoms with van der Waals surface area (Å²) in [5.41, 5.74) is 6.96. The van der Waals surface area contributed by atoms with Gasteiger partial charge in [-0.1, -0.05) is 0 Å². The standard InChI is InChI=1S/C17H16N2O5/c1-10(24-17(21)11-2-4-12(18)5-3-11)16(20)19-13-6-7-14-15(8-13)23-9-22-14/h2-8,10H,9,18H2,1H3,(H,19,20). The van der Waals surface area contributed by atoms with Crippen LogP contribution in [0.1, 0.15) is 17.3 Å². The average molecular weight is 328 g/mol. The van der Waals surface area contributed by atoms with Crippen molar-refractivity contribution in [3.8, 4) is 11.5 Å². The van der Waals surface area contributed by atoms with Crippen molar-refractivity contribution in [2.45, 2.75) is 13.0 Å². The second-order valence-electron chi connectivity index (χ2n) is 5.23. The minimum absolute atomic E-state index is 0.155. The number of amides is 1. The number of hydrogen-bond acceptors (Lipinski definition) is 6. The van der Waals surface area contributed by atoms with Gasteiger partial charge in [0.1, 0.15) is 0 Å². The monoisotopic (exact) mass is 328 g/mol. The number of nitrogen functional groups attached to an aromatic ring is 1. The van der Waals surface area contributed by atoms with E-state index in [0.29, 0.717) is 28.4 Å². The summed E-state index contributed by atoms with van der Waals surface area (Å²) in [6.07, 6.45) is -0.958. The van der Waals surface area contributed by atoms with Gasteiger partial charge in [0.15, 0.2) is 17.6 Å². The Hall–Kier alpha value is -3.22. The molecule has 0 bridgehead atoms. The summed E-state index contributed by atoms with van der Waals surface area (Å²) < 4.78 is 15.6. The average Bonchev–Trinajstić information content (AvgIpc) is 3.03. The van der Waals surface area contributed by atoms with Crippen LogP contribution >= 0.6 is 0 Å². The van der Waals surface area contributed by atoms with Crippen LogP contribution in [0.15, 0.2) is 42.5 Å². The lowest BCUT2D eigenvalue weighted by Crippen LogP contribution is -2.30. The van der Waals surface area contributed by atoms with Gasteiger partial charge in [-0.15, -0.1) is 0 Å². The molecule has 1 heterocycles. The van der Waals surface area contributed by atoms with Gasteiger partial charge in [-0.2, -0.15) is 0 Å². The van der Waals surface area contributed by atoms with E-state index in [1.807, 2.05) is 0 Å². The van der Waals surface area contributed by atoms with E-state index >= 15 is 0 Å². The minimum Gasteiger partial charge on any atom is -0.454 e. The van der Waals surface area contributed by atoms with E-state index in [1.54, 1.807) is 42.5 Å². The summed E-state index contributed by atoms with van der Waals surface area (Å²) in [7, 11) is 0. The van der Waals surface area contributed by atoms with Gasteiger partial charge in [-0.3, -0.25) is 4.79 Å². The van der Waals surface area contributed by atoms with E-state index in [4.69, 9.17) is 19.9 Å². The summed E-state index contributed by atoms with van der Waals surface area (Å²) >= 11 is 0. The van der Waals surface area contributed by atoms with Crippen LogP contribution in [0.3, 0.4) is 0 Å². The summed E-state index contributed by atoms with van der Waals surface area (Å²) in [4.78, 5) is 24.2. The van der Waals surface area contributed by atoms with Crippen molar-refractivity contribution in [1.82, 2.24) is 0 Å². The lowest BCUT2D eigenvalue weighted by molar-refractivity contribution is -0.123. The van der Waals surface area contributed by atoms with Gasteiger partial charge in [-0.25, -0.2) is 4.79 Å². The van der Waals surface area contributed by atoms with Crippen LogP contribution in [-0.2, 0) is 9.53 Å². The predicted octanol–water partition coefficient (Wildman–Crippen LogP) is 2.18. The van der Waals surface area contributed by atoms with E-state index in [-0.39, 0.29) is 6.79 Å². The molecular formula is C17H16N2O5. The van der Waals surface area contributed by atoms with Gasteiger partial charge in [-0.05, 0) is 43.3 Å². The van der Waals surface area contributed by atoms with Crippen molar-refractivity contribution in [3.05, 3.63) is 48.0 Å². The van der Waals surface area contributed by atoms with Crippen LogP contribution in [0, 0.1) is 0 Å². The van der Waals surface area contributed by atoms with Gasteiger partial charge in [0, 0.05) is 17.4 Å². The number of hydrogen-bond donors (Lipinski definition) is 2. The SMILES string of the molecule is CC(OC(=O)c1ccc(N)cc1)C(=O)Nc1ccc2c(c1)OCO2. The zero-order valence-electron chi connectivity index (χ0n) is 12.9. The number of carbonyl (C=O) groups excluding carboxylic acids is 2. The molecule has 24 heavy (non-hydrogen) atoms. The van der Waals surface area contributed by atoms with Crippen LogP contribution < -0.4 is 20.5 Å². The molecular weight excluding hydrogens is 312 g/mol. The minimum atomic E-state index is -0.958. The molecule has 3 rings (SSSR count). The predicted molar refractivity (Wildman–Crippen MR) is 86.9 cm³/mol. The fourth-order valence-electron chi connectivity index (χ4n) is 2.12. The first kappa shape index (κ1) is 15.7. The Labute approximate surface area is 138 Å². The van der Waals surface area contributed by atoms with Crippen LogP contribution in [-0.4, -0.2) is 24.8 Å². The van der Waals surface area contributed by atoms with Gasteiger partial charge in [0.2, 0.25) is 6.79 Å². The molecule has 0 saturated carbocycles. The van der Waals surface area contributed by atoms with Gasteiger partial charge >= 0.3 is 5.97 Å². The second-order valence-corrected chi connectivity index (χ2v) is 5.23. The molecule has 1 aliphatic rings. The van der Waals surface area contributed by atoms with Crippen molar-refractivity contribution in [2.24, 2.45) is 0 Å². The van der Waals surface area contributed by atoms with Crippen molar-refractivity contribution < 1.29 is 23.8 Å². The second kappa shape index (κ2) is 6.49. The Kier molecular flexibility index (Phi) is 4.24. The van der Waals surface area contributed by atoms with E-state index in [9.17, 15) is 9.59 Å². The topological polar surface area (TPSA) is 99.9 Å². The van der Waals surface area contributed by atoms with Gasteiger partial charge in [0.25, 0.3) is 5.91 Å². The molecule has 7 heteroatoms. The molecule has 0 radical (unpaired) electrons. The molecule has 1 aliphatic heterocycles. The fraction of sp³-hybridized carbons (Fsp3) is 0.176. The lowest BCUT2D eigenvalue weighted by Gasteiger charge is -2.14. The molecule has 7 nitrogen and oxygen atoms in total. The van der Waals surface area contributed by atoms with Gasteiger partial charge in [0.05, 0.1) is 5.56 Å². The number of fused-ring (bicyclic) bond motifs is 1. The number of rotatable bonds is 4. The van der Waals surface area contributed by atoms with E-state index < -0.39 is 18.0 Å². The lowest BCUT2D eigenvalue weighted by atomic mass is 10.2. The zero-order valence-corrected chi connectivity index (χ0v) is 12.9. The van der Waals surface area contributed by atoms with Crippen LogP contribution in [0.4, 0.5) is 11.4 Å². The third-order valence-electron chi connectivity index (χ3n) is 3.44. The van der Waals surface area contributed by atoms with E-state index in [2.05, 4.69) is 5.32 Å². The van der Waals surface area contributed by atoms with Crippen molar-refractivity contribution in [3.63, 3.8) is 0 Å². The number of nitrogens with two attached hydrogens (primary N) is 1. The summed E-state index contributed by atoms with van der Waals surface area (Å²) in [5.74, 6) is 0.135. The molecule has 124 valence electrons. The maximum absolute atomic E-state index is 12.2. The molecule has 1 atom stereocenters. The molecule has 1 unspecified atom stereocenters. The molecule has 2 aromatic rings. The number of anilines is 2. The van der Waals surface area contributed by atoms with E-state index in [0.717, 1.165) is 0 Å². The van der Waals surface area contributed by atoms with Crippen LogP contribution in [0.25, 0.3) is 0 Å². The van der Waals surface area contributed by atoms with Crippen molar-refractivity contribution >= 4 is 23.3 Å². The third-order valence-corrected chi connectivity index (χ3v) is 3.44. The molecule has 3 N–H and O–H groups in total. The highest BCUT2D eigenvalue weighted by Gasteiger charge is 2.20. The smallest absolute Gasteiger partial charge is 0.338 e. The Bertz CT molecular complexity index is 773. The summed E-state index contributed by atoms with van der Waals surface area (Å²) in [6, 6.07) is 11.3. The number of esters is 1. The first-order valence-corrected chi connectivity index (χ1v) is 7.30. The molecule has 0 fully saturated rings. The quantitative estimate of drug-likeness (QED) is 0.659. The highest BCUT2D eigenvalue weighted by molar-refractivity contribution is 5.97.